The Labute approximate surface area is 149 Å². The number of amides is 1. The SMILES string of the molecule is O=C(CCCCOCC(F)(F)F)NC[C@H](O)c1ccc2c(c1)OCCO2. The zero-order chi connectivity index (χ0) is 19.0. The Kier molecular flexibility index (Phi) is 7.52. The highest BCUT2D eigenvalue weighted by Crippen LogP contribution is 2.32. The average molecular weight is 377 g/mol. The molecule has 0 aromatic heterocycles. The van der Waals surface area contributed by atoms with E-state index in [4.69, 9.17) is 9.47 Å². The normalized spacial score (nSPS) is 14.8. The maximum absolute atomic E-state index is 11.9. The van der Waals surface area contributed by atoms with Crippen LogP contribution >= 0.6 is 0 Å². The summed E-state index contributed by atoms with van der Waals surface area (Å²) in [5.41, 5.74) is 0.593. The number of fused-ring (bicyclic) bond motifs is 1. The molecule has 1 atom stereocenters. The van der Waals surface area contributed by atoms with E-state index in [0.29, 0.717) is 43.1 Å². The first-order chi connectivity index (χ1) is 12.3. The van der Waals surface area contributed by atoms with Crippen LogP contribution in [0.2, 0.25) is 0 Å². The van der Waals surface area contributed by atoms with Crippen LogP contribution in [0.15, 0.2) is 18.2 Å². The smallest absolute Gasteiger partial charge is 0.411 e. The van der Waals surface area contributed by atoms with Crippen LogP contribution in [0.5, 0.6) is 11.5 Å². The topological polar surface area (TPSA) is 77.0 Å². The molecule has 1 amide bonds. The fraction of sp³-hybridized carbons (Fsp3) is 0.588. The highest BCUT2D eigenvalue weighted by molar-refractivity contribution is 5.75. The van der Waals surface area contributed by atoms with Crippen molar-refractivity contribution >= 4 is 5.91 Å². The van der Waals surface area contributed by atoms with Gasteiger partial charge in [-0.2, -0.15) is 13.2 Å². The summed E-state index contributed by atoms with van der Waals surface area (Å²) < 4.78 is 50.9. The van der Waals surface area contributed by atoms with Crippen molar-refractivity contribution in [1.29, 1.82) is 0 Å². The van der Waals surface area contributed by atoms with Gasteiger partial charge in [0.15, 0.2) is 11.5 Å². The minimum absolute atomic E-state index is 0.0308. The van der Waals surface area contributed by atoms with Crippen molar-refractivity contribution < 1.29 is 37.3 Å². The highest BCUT2D eigenvalue weighted by atomic mass is 19.4. The van der Waals surface area contributed by atoms with Gasteiger partial charge in [-0.1, -0.05) is 6.07 Å². The summed E-state index contributed by atoms with van der Waals surface area (Å²) in [6.45, 7) is -0.376. The molecule has 0 aliphatic carbocycles. The van der Waals surface area contributed by atoms with Crippen LogP contribution in [0.25, 0.3) is 0 Å². The summed E-state index contributed by atoms with van der Waals surface area (Å²) >= 11 is 0. The van der Waals surface area contributed by atoms with E-state index in [2.05, 4.69) is 10.1 Å². The van der Waals surface area contributed by atoms with Crippen molar-refractivity contribution in [1.82, 2.24) is 5.32 Å². The van der Waals surface area contributed by atoms with Crippen molar-refractivity contribution in [2.24, 2.45) is 0 Å². The Morgan fingerprint density at radius 3 is 2.69 bits per heavy atom. The fourth-order valence-corrected chi connectivity index (χ4v) is 2.36. The number of rotatable bonds is 9. The van der Waals surface area contributed by atoms with Gasteiger partial charge in [0.1, 0.15) is 19.8 Å². The first kappa shape index (κ1) is 20.3. The third-order valence-electron chi connectivity index (χ3n) is 3.65. The van der Waals surface area contributed by atoms with E-state index >= 15 is 0 Å². The Bertz CT molecular complexity index is 594. The van der Waals surface area contributed by atoms with E-state index < -0.39 is 18.9 Å². The minimum atomic E-state index is -4.33. The minimum Gasteiger partial charge on any atom is -0.486 e. The van der Waals surface area contributed by atoms with Crippen LogP contribution in [0.3, 0.4) is 0 Å². The molecule has 1 aromatic carbocycles. The summed E-state index contributed by atoms with van der Waals surface area (Å²) in [5.74, 6) is 0.888. The molecule has 0 fully saturated rings. The third kappa shape index (κ3) is 7.09. The van der Waals surface area contributed by atoms with Gasteiger partial charge in [0.25, 0.3) is 0 Å². The molecule has 1 heterocycles. The maximum atomic E-state index is 11.9. The van der Waals surface area contributed by atoms with E-state index in [0.717, 1.165) is 0 Å². The molecule has 0 saturated heterocycles. The molecule has 0 spiro atoms. The second-order valence-corrected chi connectivity index (χ2v) is 5.85. The van der Waals surface area contributed by atoms with E-state index in [1.54, 1.807) is 18.2 Å². The van der Waals surface area contributed by atoms with Crippen molar-refractivity contribution in [3.63, 3.8) is 0 Å². The fourth-order valence-electron chi connectivity index (χ4n) is 2.36. The van der Waals surface area contributed by atoms with E-state index in [9.17, 15) is 23.1 Å². The van der Waals surface area contributed by atoms with Gasteiger partial charge in [-0.05, 0) is 30.5 Å². The van der Waals surface area contributed by atoms with Gasteiger partial charge in [0.2, 0.25) is 5.91 Å². The third-order valence-corrected chi connectivity index (χ3v) is 3.65. The molecule has 26 heavy (non-hydrogen) atoms. The second-order valence-electron chi connectivity index (χ2n) is 5.85. The lowest BCUT2D eigenvalue weighted by Crippen LogP contribution is -2.28. The van der Waals surface area contributed by atoms with E-state index in [1.165, 1.54) is 0 Å². The number of hydrogen-bond acceptors (Lipinski definition) is 5. The van der Waals surface area contributed by atoms with Gasteiger partial charge in [-0.25, -0.2) is 0 Å². The van der Waals surface area contributed by atoms with Crippen LogP contribution in [-0.4, -0.2) is 50.2 Å². The largest absolute Gasteiger partial charge is 0.486 e. The Morgan fingerprint density at radius 2 is 1.96 bits per heavy atom. The molecular weight excluding hydrogens is 355 g/mol. The number of aliphatic hydroxyl groups is 1. The first-order valence-corrected chi connectivity index (χ1v) is 8.34. The number of ether oxygens (including phenoxy) is 3. The van der Waals surface area contributed by atoms with Crippen molar-refractivity contribution in [3.05, 3.63) is 23.8 Å². The number of carbonyl (C=O) groups excluding carboxylic acids is 1. The molecule has 9 heteroatoms. The van der Waals surface area contributed by atoms with Crippen LogP contribution in [0.1, 0.15) is 30.9 Å². The number of aliphatic hydroxyl groups excluding tert-OH is 1. The number of halogens is 3. The Hall–Kier alpha value is -2.00. The van der Waals surface area contributed by atoms with Crippen LogP contribution < -0.4 is 14.8 Å². The van der Waals surface area contributed by atoms with Crippen LogP contribution in [0, 0.1) is 0 Å². The summed E-state index contributed by atoms with van der Waals surface area (Å²) in [6, 6.07) is 5.07. The van der Waals surface area contributed by atoms with Gasteiger partial charge < -0.3 is 24.6 Å². The van der Waals surface area contributed by atoms with Gasteiger partial charge in [-0.3, -0.25) is 4.79 Å². The van der Waals surface area contributed by atoms with Crippen molar-refractivity contribution in [2.75, 3.05) is 33.0 Å². The Balaban J connectivity index is 1.62. The molecule has 0 unspecified atom stereocenters. The molecule has 6 nitrogen and oxygen atoms in total. The second kappa shape index (κ2) is 9.63. The standard InChI is InChI=1S/C17H22F3NO5/c18-17(19,20)11-24-6-2-1-3-16(23)21-10-13(22)12-4-5-14-15(9-12)26-8-7-25-14/h4-5,9,13,22H,1-3,6-8,10-11H2,(H,21,23)/t13-/m0/s1. The lowest BCUT2D eigenvalue weighted by atomic mass is 10.1. The lowest BCUT2D eigenvalue weighted by molar-refractivity contribution is -0.174. The summed E-state index contributed by atoms with van der Waals surface area (Å²) in [5, 5.41) is 12.7. The lowest BCUT2D eigenvalue weighted by Gasteiger charge is -2.20. The molecule has 2 rings (SSSR count). The van der Waals surface area contributed by atoms with Crippen molar-refractivity contribution in [3.8, 4) is 11.5 Å². The van der Waals surface area contributed by atoms with E-state index in [1.807, 2.05) is 0 Å². The molecule has 146 valence electrons. The maximum Gasteiger partial charge on any atom is 0.411 e. The number of hydrogen-bond donors (Lipinski definition) is 2. The molecule has 1 aliphatic heterocycles. The predicted octanol–water partition coefficient (Wildman–Crippen LogP) is 2.36. The van der Waals surface area contributed by atoms with Gasteiger partial charge in [0, 0.05) is 19.6 Å². The van der Waals surface area contributed by atoms with Gasteiger partial charge >= 0.3 is 6.18 Å². The molecule has 1 aliphatic rings. The number of unbranched alkanes of at least 4 members (excludes halogenated alkanes) is 1. The highest BCUT2D eigenvalue weighted by Gasteiger charge is 2.27. The average Bonchev–Trinajstić information content (AvgIpc) is 2.61. The van der Waals surface area contributed by atoms with Crippen molar-refractivity contribution in [2.45, 2.75) is 31.5 Å². The molecule has 0 saturated carbocycles. The molecule has 0 bridgehead atoms. The monoisotopic (exact) mass is 377 g/mol. The summed E-state index contributed by atoms with van der Waals surface area (Å²) in [4.78, 5) is 11.7. The summed E-state index contributed by atoms with van der Waals surface area (Å²) in [7, 11) is 0. The molecular formula is C17H22F3NO5. The number of benzene rings is 1. The molecule has 0 radical (unpaired) electrons. The van der Waals surface area contributed by atoms with Crippen LogP contribution in [0.4, 0.5) is 13.2 Å². The zero-order valence-corrected chi connectivity index (χ0v) is 14.2. The van der Waals surface area contributed by atoms with Crippen LogP contribution in [-0.2, 0) is 9.53 Å². The molecule has 2 N–H and O–H groups in total. The number of carbonyl (C=O) groups is 1. The molecule has 1 aromatic rings. The predicted molar refractivity (Wildman–Crippen MR) is 86.1 cm³/mol. The zero-order valence-electron chi connectivity index (χ0n) is 14.2. The first-order valence-electron chi connectivity index (χ1n) is 8.34. The Morgan fingerprint density at radius 1 is 1.23 bits per heavy atom. The quantitative estimate of drug-likeness (QED) is 0.646. The van der Waals surface area contributed by atoms with Gasteiger partial charge in [-0.15, -0.1) is 0 Å². The summed E-state index contributed by atoms with van der Waals surface area (Å²) in [6.07, 6.45) is -4.31. The number of nitrogens with one attached hydrogen (secondary N) is 1. The van der Waals surface area contributed by atoms with Gasteiger partial charge in [0.05, 0.1) is 6.10 Å². The number of alkyl halides is 3. The van der Waals surface area contributed by atoms with E-state index in [-0.39, 0.29) is 25.5 Å².